The lowest BCUT2D eigenvalue weighted by Crippen LogP contribution is -2.50. The highest BCUT2D eigenvalue weighted by Gasteiger charge is 2.26. The number of ether oxygens (including phenoxy) is 1. The zero-order valence-electron chi connectivity index (χ0n) is 18.2. The van der Waals surface area contributed by atoms with E-state index in [0.29, 0.717) is 51.3 Å². The summed E-state index contributed by atoms with van der Waals surface area (Å²) in [6.07, 6.45) is 2.82. The molecule has 1 fully saturated rings. The molecule has 2 aromatic carbocycles. The standard InChI is InChI=1S/C24H27N5O3/c1-32-21-10-7-19(8-11-21)9-12-23(30)27-13-15-28(16-14-27)24(31)22-18-29(26-25-22)17-20-5-3-2-4-6-20/h2-8,10-11,18H,9,12-17H2,1H3. The van der Waals surface area contributed by atoms with Gasteiger partial charge in [0.2, 0.25) is 5.91 Å². The molecule has 4 rings (SSSR count). The molecule has 8 heteroatoms. The smallest absolute Gasteiger partial charge is 0.276 e. The number of hydrogen-bond donors (Lipinski definition) is 0. The lowest BCUT2D eigenvalue weighted by Gasteiger charge is -2.34. The Hall–Kier alpha value is -3.68. The number of piperazine rings is 1. The van der Waals surface area contributed by atoms with Crippen LogP contribution in [-0.4, -0.2) is 69.9 Å². The lowest BCUT2D eigenvalue weighted by molar-refractivity contribution is -0.132. The van der Waals surface area contributed by atoms with Crippen LogP contribution in [0.3, 0.4) is 0 Å². The summed E-state index contributed by atoms with van der Waals surface area (Å²) < 4.78 is 6.83. The molecule has 0 bridgehead atoms. The highest BCUT2D eigenvalue weighted by Crippen LogP contribution is 2.14. The Morgan fingerprint density at radius 2 is 1.59 bits per heavy atom. The van der Waals surface area contributed by atoms with Gasteiger partial charge in [0, 0.05) is 32.6 Å². The monoisotopic (exact) mass is 433 g/mol. The molecule has 166 valence electrons. The average molecular weight is 434 g/mol. The first kappa shape index (κ1) is 21.5. The summed E-state index contributed by atoms with van der Waals surface area (Å²) in [4.78, 5) is 29.0. The Balaban J connectivity index is 1.25. The maximum absolute atomic E-state index is 12.8. The van der Waals surface area contributed by atoms with Gasteiger partial charge in [-0.3, -0.25) is 9.59 Å². The SMILES string of the molecule is COc1ccc(CCC(=O)N2CCN(C(=O)c3cn(Cc4ccccc4)nn3)CC2)cc1. The Morgan fingerprint density at radius 1 is 0.906 bits per heavy atom. The van der Waals surface area contributed by atoms with E-state index in [2.05, 4.69) is 10.3 Å². The normalized spacial score (nSPS) is 13.8. The van der Waals surface area contributed by atoms with Crippen molar-refractivity contribution < 1.29 is 14.3 Å². The molecular weight excluding hydrogens is 406 g/mol. The summed E-state index contributed by atoms with van der Waals surface area (Å²) in [7, 11) is 1.63. The number of hydrogen-bond acceptors (Lipinski definition) is 5. The topological polar surface area (TPSA) is 80.6 Å². The van der Waals surface area contributed by atoms with E-state index in [4.69, 9.17) is 4.74 Å². The Kier molecular flexibility index (Phi) is 6.79. The molecule has 32 heavy (non-hydrogen) atoms. The molecule has 0 aliphatic carbocycles. The highest BCUT2D eigenvalue weighted by atomic mass is 16.5. The molecule has 8 nitrogen and oxygen atoms in total. The summed E-state index contributed by atoms with van der Waals surface area (Å²) in [6, 6.07) is 17.7. The molecule has 1 aliphatic heterocycles. The molecule has 0 spiro atoms. The predicted octanol–water partition coefficient (Wildman–Crippen LogP) is 2.25. The van der Waals surface area contributed by atoms with Crippen LogP contribution >= 0.6 is 0 Å². The van der Waals surface area contributed by atoms with E-state index in [1.807, 2.05) is 59.5 Å². The molecule has 0 N–H and O–H groups in total. The Morgan fingerprint density at radius 3 is 2.28 bits per heavy atom. The predicted molar refractivity (Wildman–Crippen MR) is 119 cm³/mol. The molecule has 2 amide bonds. The van der Waals surface area contributed by atoms with Crippen LogP contribution in [0.5, 0.6) is 5.75 Å². The minimum absolute atomic E-state index is 0.113. The van der Waals surface area contributed by atoms with Gasteiger partial charge in [0.05, 0.1) is 19.9 Å². The van der Waals surface area contributed by atoms with Gasteiger partial charge in [-0.05, 0) is 29.7 Å². The van der Waals surface area contributed by atoms with E-state index in [1.165, 1.54) is 0 Å². The summed E-state index contributed by atoms with van der Waals surface area (Å²) >= 11 is 0. The second-order valence-electron chi connectivity index (χ2n) is 7.81. The maximum Gasteiger partial charge on any atom is 0.276 e. The van der Waals surface area contributed by atoms with Gasteiger partial charge in [0.15, 0.2) is 5.69 Å². The van der Waals surface area contributed by atoms with Gasteiger partial charge in [-0.25, -0.2) is 4.68 Å². The molecule has 2 heterocycles. The summed E-state index contributed by atoms with van der Waals surface area (Å²) in [5, 5.41) is 8.13. The number of benzene rings is 2. The molecular formula is C24H27N5O3. The Bertz CT molecular complexity index is 1040. The summed E-state index contributed by atoms with van der Waals surface area (Å²) in [5.41, 5.74) is 2.53. The van der Waals surface area contributed by atoms with Crippen LogP contribution < -0.4 is 4.74 Å². The fourth-order valence-electron chi connectivity index (χ4n) is 3.77. The quantitative estimate of drug-likeness (QED) is 0.571. The lowest BCUT2D eigenvalue weighted by atomic mass is 10.1. The second-order valence-corrected chi connectivity index (χ2v) is 7.81. The van der Waals surface area contributed by atoms with Gasteiger partial charge >= 0.3 is 0 Å². The van der Waals surface area contributed by atoms with Crippen LogP contribution in [0.4, 0.5) is 0 Å². The van der Waals surface area contributed by atoms with Crippen molar-refractivity contribution in [1.29, 1.82) is 0 Å². The first-order valence-electron chi connectivity index (χ1n) is 10.8. The molecule has 1 saturated heterocycles. The van der Waals surface area contributed by atoms with Gasteiger partial charge < -0.3 is 14.5 Å². The van der Waals surface area contributed by atoms with Crippen LogP contribution in [0.15, 0.2) is 60.8 Å². The van der Waals surface area contributed by atoms with Crippen molar-refractivity contribution in [3.8, 4) is 5.75 Å². The van der Waals surface area contributed by atoms with E-state index in [0.717, 1.165) is 16.9 Å². The largest absolute Gasteiger partial charge is 0.497 e. The van der Waals surface area contributed by atoms with Crippen LogP contribution in [0.1, 0.15) is 28.0 Å². The second kappa shape index (κ2) is 10.1. The molecule has 0 unspecified atom stereocenters. The van der Waals surface area contributed by atoms with Crippen molar-refractivity contribution in [2.45, 2.75) is 19.4 Å². The van der Waals surface area contributed by atoms with Crippen LogP contribution in [0.2, 0.25) is 0 Å². The zero-order valence-corrected chi connectivity index (χ0v) is 18.2. The van der Waals surface area contributed by atoms with Gasteiger partial charge in [0.1, 0.15) is 5.75 Å². The number of amides is 2. The average Bonchev–Trinajstić information content (AvgIpc) is 3.31. The molecule has 1 aromatic heterocycles. The minimum atomic E-state index is -0.144. The van der Waals surface area contributed by atoms with Gasteiger partial charge in [0.25, 0.3) is 5.91 Å². The fourth-order valence-corrected chi connectivity index (χ4v) is 3.77. The van der Waals surface area contributed by atoms with E-state index < -0.39 is 0 Å². The van der Waals surface area contributed by atoms with Crippen LogP contribution in [-0.2, 0) is 17.8 Å². The van der Waals surface area contributed by atoms with Crippen molar-refractivity contribution in [2.24, 2.45) is 0 Å². The van der Waals surface area contributed by atoms with Crippen LogP contribution in [0.25, 0.3) is 0 Å². The van der Waals surface area contributed by atoms with E-state index in [1.54, 1.807) is 22.9 Å². The number of methoxy groups -OCH3 is 1. The molecule has 3 aromatic rings. The molecule has 0 radical (unpaired) electrons. The van der Waals surface area contributed by atoms with Crippen molar-refractivity contribution in [2.75, 3.05) is 33.3 Å². The third-order valence-electron chi connectivity index (χ3n) is 5.65. The van der Waals surface area contributed by atoms with E-state index in [-0.39, 0.29) is 11.8 Å². The van der Waals surface area contributed by atoms with Crippen molar-refractivity contribution in [3.05, 3.63) is 77.6 Å². The van der Waals surface area contributed by atoms with Gasteiger partial charge in [-0.15, -0.1) is 5.10 Å². The van der Waals surface area contributed by atoms with Crippen molar-refractivity contribution in [3.63, 3.8) is 0 Å². The minimum Gasteiger partial charge on any atom is -0.497 e. The van der Waals surface area contributed by atoms with Crippen molar-refractivity contribution in [1.82, 2.24) is 24.8 Å². The third-order valence-corrected chi connectivity index (χ3v) is 5.65. The summed E-state index contributed by atoms with van der Waals surface area (Å²) in [5.74, 6) is 0.775. The number of aryl methyl sites for hydroxylation is 1. The molecule has 0 saturated carbocycles. The number of rotatable bonds is 7. The van der Waals surface area contributed by atoms with Gasteiger partial charge in [-0.2, -0.15) is 0 Å². The van der Waals surface area contributed by atoms with E-state index in [9.17, 15) is 9.59 Å². The third kappa shape index (κ3) is 5.32. The van der Waals surface area contributed by atoms with E-state index >= 15 is 0 Å². The maximum atomic E-state index is 12.8. The molecule has 0 atom stereocenters. The molecule has 1 aliphatic rings. The van der Waals surface area contributed by atoms with Crippen molar-refractivity contribution >= 4 is 11.8 Å². The first-order chi connectivity index (χ1) is 15.6. The summed E-state index contributed by atoms with van der Waals surface area (Å²) in [6.45, 7) is 2.63. The number of carbonyl (C=O) groups excluding carboxylic acids is 2. The number of aromatic nitrogens is 3. The fraction of sp³-hybridized carbons (Fsp3) is 0.333. The highest BCUT2D eigenvalue weighted by molar-refractivity contribution is 5.92. The zero-order chi connectivity index (χ0) is 22.3. The van der Waals surface area contributed by atoms with Crippen LogP contribution in [0, 0.1) is 0 Å². The Labute approximate surface area is 187 Å². The number of nitrogens with zero attached hydrogens (tertiary/aromatic N) is 5. The first-order valence-corrected chi connectivity index (χ1v) is 10.8. The van der Waals surface area contributed by atoms with Gasteiger partial charge in [-0.1, -0.05) is 47.7 Å². The number of carbonyl (C=O) groups is 2.